The molecule has 0 aromatic carbocycles. The van der Waals surface area contributed by atoms with E-state index in [1.165, 1.54) is 6.42 Å². The van der Waals surface area contributed by atoms with E-state index in [4.69, 9.17) is 5.11 Å². The second-order valence-corrected chi connectivity index (χ2v) is 4.41. The molecule has 0 saturated heterocycles. The van der Waals surface area contributed by atoms with E-state index in [-0.39, 0.29) is 24.0 Å². The fraction of sp³-hybridized carbons (Fsp3) is 0.846. The largest absolute Gasteiger partial charge is 0.396 e. The van der Waals surface area contributed by atoms with Gasteiger partial charge in [-0.15, -0.1) is 0 Å². The highest BCUT2D eigenvalue weighted by molar-refractivity contribution is 4.79. The zero-order valence-corrected chi connectivity index (χ0v) is 10.8. The maximum Gasteiger partial charge on any atom is 0.204 e. The predicted octanol–water partition coefficient (Wildman–Crippen LogP) is 3.18. The Bertz CT molecular complexity index is 217. The molecule has 1 atom stereocenters. The Morgan fingerprint density at radius 1 is 1.24 bits per heavy atom. The zero-order chi connectivity index (χ0) is 12.9. The molecule has 0 amide bonds. The first-order valence-electron chi connectivity index (χ1n) is 6.58. The molecule has 4 nitrogen and oxygen atoms in total. The fourth-order valence-corrected chi connectivity index (χ4v) is 1.77. The molecule has 0 aliphatic rings. The van der Waals surface area contributed by atoms with Crippen molar-refractivity contribution in [3.8, 4) is 0 Å². The molecule has 4 heteroatoms. The summed E-state index contributed by atoms with van der Waals surface area (Å²) < 4.78 is 0. The molecule has 0 rings (SSSR count). The van der Waals surface area contributed by atoms with Gasteiger partial charge in [0, 0.05) is 18.0 Å². The van der Waals surface area contributed by atoms with Crippen LogP contribution >= 0.6 is 0 Å². The average Bonchev–Trinajstić information content (AvgIpc) is 2.31. The van der Waals surface area contributed by atoms with Gasteiger partial charge >= 0.3 is 0 Å². The molecule has 0 fully saturated rings. The Kier molecular flexibility index (Phi) is 11.0. The number of aliphatic hydroxyl groups is 1. The van der Waals surface area contributed by atoms with Crippen LogP contribution in [-0.4, -0.2) is 23.2 Å². The predicted molar refractivity (Wildman–Crippen MR) is 69.6 cm³/mol. The van der Waals surface area contributed by atoms with Crippen LogP contribution in [0.4, 0.5) is 0 Å². The van der Waals surface area contributed by atoms with Crippen molar-refractivity contribution in [3.63, 3.8) is 0 Å². The molecular weight excluding hydrogens is 218 g/mol. The number of aliphatic hydroxyl groups excluding tert-OH is 1. The summed E-state index contributed by atoms with van der Waals surface area (Å²) in [5.74, 6) is 0.103. The lowest BCUT2D eigenvalue weighted by atomic mass is 9.98. The highest BCUT2D eigenvalue weighted by atomic mass is 16.6. The van der Waals surface area contributed by atoms with Crippen molar-refractivity contribution in [2.24, 2.45) is 5.92 Å². The Hall–Kier alpha value is -0.900. The summed E-state index contributed by atoms with van der Waals surface area (Å²) in [6.07, 6.45) is 11.4. The monoisotopic (exact) mass is 243 g/mol. The molecule has 100 valence electrons. The third-order valence-electron chi connectivity index (χ3n) is 2.86. The minimum atomic E-state index is -0.307. The average molecular weight is 243 g/mol. The van der Waals surface area contributed by atoms with Gasteiger partial charge in [-0.3, -0.25) is 10.1 Å². The van der Waals surface area contributed by atoms with Crippen LogP contribution in [0.3, 0.4) is 0 Å². The number of allylic oxidation sites excluding steroid dienone is 2. The van der Waals surface area contributed by atoms with Gasteiger partial charge in [-0.1, -0.05) is 31.9 Å². The molecule has 1 N–H and O–H groups in total. The molecule has 0 aliphatic carbocycles. The second kappa shape index (κ2) is 11.6. The van der Waals surface area contributed by atoms with E-state index in [1.54, 1.807) is 0 Å². The molecule has 0 aliphatic heterocycles. The molecule has 0 radical (unpaired) electrons. The van der Waals surface area contributed by atoms with Gasteiger partial charge in [0.2, 0.25) is 6.54 Å². The van der Waals surface area contributed by atoms with E-state index >= 15 is 0 Å². The lowest BCUT2D eigenvalue weighted by molar-refractivity contribution is -0.481. The van der Waals surface area contributed by atoms with Crippen LogP contribution < -0.4 is 0 Å². The number of nitrogens with zero attached hydrogens (tertiary/aromatic N) is 1. The molecule has 0 unspecified atom stereocenters. The Labute approximate surface area is 104 Å². The smallest absolute Gasteiger partial charge is 0.204 e. The van der Waals surface area contributed by atoms with E-state index in [0.29, 0.717) is 6.42 Å². The Morgan fingerprint density at radius 3 is 2.59 bits per heavy atom. The van der Waals surface area contributed by atoms with Crippen molar-refractivity contribution in [3.05, 3.63) is 22.3 Å². The van der Waals surface area contributed by atoms with Crippen LogP contribution in [0.2, 0.25) is 0 Å². The Morgan fingerprint density at radius 2 is 2.00 bits per heavy atom. The minimum absolute atomic E-state index is 0.0233. The maximum atomic E-state index is 10.2. The number of hydrogen-bond acceptors (Lipinski definition) is 3. The van der Waals surface area contributed by atoms with Gasteiger partial charge in [0.15, 0.2) is 0 Å². The van der Waals surface area contributed by atoms with Gasteiger partial charge in [0.25, 0.3) is 0 Å². The molecule has 0 saturated carbocycles. The van der Waals surface area contributed by atoms with Crippen LogP contribution in [0.25, 0.3) is 0 Å². The number of unbranched alkanes of at least 4 members (excludes halogenated alkanes) is 3. The molecule has 0 heterocycles. The lowest BCUT2D eigenvalue weighted by Gasteiger charge is -2.10. The molecule has 0 aromatic rings. The van der Waals surface area contributed by atoms with Crippen LogP contribution in [0, 0.1) is 16.0 Å². The van der Waals surface area contributed by atoms with Gasteiger partial charge in [-0.25, -0.2) is 0 Å². The van der Waals surface area contributed by atoms with Crippen LogP contribution in [0.5, 0.6) is 0 Å². The summed E-state index contributed by atoms with van der Waals surface area (Å²) in [6, 6.07) is 0. The highest BCUT2D eigenvalue weighted by Gasteiger charge is 2.10. The standard InChI is InChI=1S/C13H25NO3/c1-2-3-4-5-6-7-8-9-13(12-15)10-11-14(16)17/h3-4,13,15H,2,5-12H2,1H3/b4-3+/t13-/m0/s1. The minimum Gasteiger partial charge on any atom is -0.396 e. The van der Waals surface area contributed by atoms with Crippen LogP contribution in [0.15, 0.2) is 12.2 Å². The van der Waals surface area contributed by atoms with Gasteiger partial charge in [0.05, 0.1) is 0 Å². The topological polar surface area (TPSA) is 63.4 Å². The lowest BCUT2D eigenvalue weighted by Crippen LogP contribution is -2.12. The molecular formula is C13H25NO3. The first kappa shape index (κ1) is 16.1. The van der Waals surface area contributed by atoms with E-state index < -0.39 is 0 Å². The highest BCUT2D eigenvalue weighted by Crippen LogP contribution is 2.14. The first-order chi connectivity index (χ1) is 8.20. The summed E-state index contributed by atoms with van der Waals surface area (Å²) in [6.45, 7) is 2.17. The van der Waals surface area contributed by atoms with Gasteiger partial charge in [-0.05, 0) is 31.6 Å². The van der Waals surface area contributed by atoms with Crippen molar-refractivity contribution in [2.75, 3.05) is 13.2 Å². The van der Waals surface area contributed by atoms with E-state index in [1.807, 2.05) is 0 Å². The maximum absolute atomic E-state index is 10.2. The second-order valence-electron chi connectivity index (χ2n) is 4.41. The van der Waals surface area contributed by atoms with Crippen molar-refractivity contribution < 1.29 is 10.0 Å². The van der Waals surface area contributed by atoms with Crippen LogP contribution in [0.1, 0.15) is 51.9 Å². The summed E-state index contributed by atoms with van der Waals surface area (Å²) in [5, 5.41) is 19.3. The first-order valence-corrected chi connectivity index (χ1v) is 6.58. The van der Waals surface area contributed by atoms with Crippen LogP contribution in [-0.2, 0) is 0 Å². The normalized spacial score (nSPS) is 13.1. The third kappa shape index (κ3) is 11.4. The van der Waals surface area contributed by atoms with E-state index in [9.17, 15) is 10.1 Å². The van der Waals surface area contributed by atoms with Crippen molar-refractivity contribution in [2.45, 2.75) is 51.9 Å². The van der Waals surface area contributed by atoms with Crippen molar-refractivity contribution >= 4 is 0 Å². The zero-order valence-electron chi connectivity index (χ0n) is 10.8. The number of hydrogen-bond donors (Lipinski definition) is 1. The third-order valence-corrected chi connectivity index (χ3v) is 2.86. The summed E-state index contributed by atoms with van der Waals surface area (Å²) >= 11 is 0. The van der Waals surface area contributed by atoms with E-state index in [0.717, 1.165) is 32.1 Å². The summed E-state index contributed by atoms with van der Waals surface area (Å²) in [5.41, 5.74) is 0. The summed E-state index contributed by atoms with van der Waals surface area (Å²) in [4.78, 5) is 9.91. The van der Waals surface area contributed by atoms with Gasteiger partial charge in [-0.2, -0.15) is 0 Å². The van der Waals surface area contributed by atoms with Gasteiger partial charge in [0.1, 0.15) is 0 Å². The van der Waals surface area contributed by atoms with E-state index in [2.05, 4.69) is 19.1 Å². The van der Waals surface area contributed by atoms with Crippen molar-refractivity contribution in [1.82, 2.24) is 0 Å². The summed E-state index contributed by atoms with van der Waals surface area (Å²) in [7, 11) is 0. The quantitative estimate of drug-likeness (QED) is 0.262. The Balaban J connectivity index is 3.43. The number of rotatable bonds is 11. The van der Waals surface area contributed by atoms with Gasteiger partial charge < -0.3 is 5.11 Å². The molecule has 0 spiro atoms. The van der Waals surface area contributed by atoms with Crippen molar-refractivity contribution in [1.29, 1.82) is 0 Å². The molecule has 0 bridgehead atoms. The number of nitro groups is 1. The fourth-order valence-electron chi connectivity index (χ4n) is 1.77. The molecule has 0 aromatic heterocycles. The molecule has 17 heavy (non-hydrogen) atoms. The SMILES string of the molecule is CC/C=C/CCCCC[C@H](CO)CC[N+](=O)[O-].